The molecule has 1 atom stereocenters. The maximum absolute atomic E-state index is 14.6. The van der Waals surface area contributed by atoms with Gasteiger partial charge in [0.15, 0.2) is 0 Å². The molecule has 27 heavy (non-hydrogen) atoms. The van der Waals surface area contributed by atoms with Crippen LogP contribution in [0, 0.1) is 11.6 Å². The molecule has 0 saturated carbocycles. The maximum atomic E-state index is 14.6. The van der Waals surface area contributed by atoms with Gasteiger partial charge >= 0.3 is 0 Å². The second-order valence-corrected chi connectivity index (χ2v) is 6.98. The van der Waals surface area contributed by atoms with E-state index in [1.807, 2.05) is 0 Å². The number of hydrogen-bond acceptors (Lipinski definition) is 3. The van der Waals surface area contributed by atoms with E-state index in [9.17, 15) is 13.6 Å². The van der Waals surface area contributed by atoms with Crippen molar-refractivity contribution in [2.75, 3.05) is 23.3 Å². The van der Waals surface area contributed by atoms with Crippen molar-refractivity contribution in [2.24, 2.45) is 4.99 Å². The van der Waals surface area contributed by atoms with Crippen LogP contribution in [0.2, 0.25) is 0 Å². The number of nitrogens with one attached hydrogen (secondary N) is 1. The van der Waals surface area contributed by atoms with Gasteiger partial charge in [-0.1, -0.05) is 18.9 Å². The lowest BCUT2D eigenvalue weighted by Gasteiger charge is -2.23. The summed E-state index contributed by atoms with van der Waals surface area (Å²) in [5.41, 5.74) is 1.74. The summed E-state index contributed by atoms with van der Waals surface area (Å²) in [7, 11) is 0. The van der Waals surface area contributed by atoms with Crippen molar-refractivity contribution >= 4 is 29.2 Å². The largest absolute Gasteiger partial charge is 0.369 e. The van der Waals surface area contributed by atoms with Crippen molar-refractivity contribution in [3.8, 4) is 0 Å². The van der Waals surface area contributed by atoms with Crippen LogP contribution < -0.4 is 10.2 Å². The first kappa shape index (κ1) is 17.6. The van der Waals surface area contributed by atoms with E-state index >= 15 is 0 Å². The van der Waals surface area contributed by atoms with Gasteiger partial charge in [0, 0.05) is 36.6 Å². The number of fused-ring (bicyclic) bond motifs is 1. The van der Waals surface area contributed by atoms with Gasteiger partial charge in [-0.3, -0.25) is 9.79 Å². The Bertz CT molecular complexity index is 889. The van der Waals surface area contributed by atoms with Crippen molar-refractivity contribution in [3.05, 3.63) is 53.6 Å². The Labute approximate surface area is 156 Å². The molecule has 6 heteroatoms. The first-order valence-corrected chi connectivity index (χ1v) is 9.31. The maximum Gasteiger partial charge on any atom is 0.237 e. The molecule has 1 fully saturated rings. The highest BCUT2D eigenvalue weighted by molar-refractivity contribution is 6.12. The molecule has 2 heterocycles. The van der Waals surface area contributed by atoms with E-state index in [1.165, 1.54) is 31.2 Å². The third kappa shape index (κ3) is 3.56. The standard InChI is InChI=1S/C21H21F2N3O/c22-16-6-5-7-18-20(16)15(21(27)25-18)13-24-14-8-9-19(17(23)12-14)26-10-3-1-2-4-11-26/h5-9,12-13,15H,1-4,10-11H2,(H,25,27). The topological polar surface area (TPSA) is 44.7 Å². The fourth-order valence-corrected chi connectivity index (χ4v) is 3.75. The highest BCUT2D eigenvalue weighted by Gasteiger charge is 2.31. The van der Waals surface area contributed by atoms with Gasteiger partial charge in [0.2, 0.25) is 5.91 Å². The van der Waals surface area contributed by atoms with Crippen molar-refractivity contribution < 1.29 is 13.6 Å². The normalized spacial score (nSPS) is 19.9. The summed E-state index contributed by atoms with van der Waals surface area (Å²) in [6.45, 7) is 1.72. The first-order valence-electron chi connectivity index (χ1n) is 9.31. The van der Waals surface area contributed by atoms with E-state index < -0.39 is 11.7 Å². The monoisotopic (exact) mass is 369 g/mol. The molecule has 0 aliphatic carbocycles. The van der Waals surface area contributed by atoms with Gasteiger partial charge < -0.3 is 10.2 Å². The molecule has 1 unspecified atom stereocenters. The highest BCUT2D eigenvalue weighted by Crippen LogP contribution is 2.34. The number of aliphatic imine (C=N–C) groups is 1. The summed E-state index contributed by atoms with van der Waals surface area (Å²) in [6.07, 6.45) is 5.89. The first-order chi connectivity index (χ1) is 13.1. The molecule has 2 aromatic rings. The van der Waals surface area contributed by atoms with Crippen LogP contribution in [-0.2, 0) is 4.79 Å². The smallest absolute Gasteiger partial charge is 0.237 e. The second kappa shape index (κ2) is 7.47. The number of anilines is 2. The number of rotatable bonds is 3. The zero-order valence-electron chi connectivity index (χ0n) is 14.9. The zero-order chi connectivity index (χ0) is 18.8. The quantitative estimate of drug-likeness (QED) is 0.791. The van der Waals surface area contributed by atoms with Crippen molar-refractivity contribution in [1.82, 2.24) is 0 Å². The minimum Gasteiger partial charge on any atom is -0.369 e. The van der Waals surface area contributed by atoms with E-state index in [0.29, 0.717) is 17.1 Å². The average Bonchev–Trinajstić information content (AvgIpc) is 2.82. The Morgan fingerprint density at radius 2 is 1.81 bits per heavy atom. The van der Waals surface area contributed by atoms with Crippen LogP contribution in [0.15, 0.2) is 41.4 Å². The molecule has 2 aliphatic heterocycles. The molecule has 4 nitrogen and oxygen atoms in total. The van der Waals surface area contributed by atoms with Crippen LogP contribution in [-0.4, -0.2) is 25.2 Å². The van der Waals surface area contributed by atoms with Crippen LogP contribution in [0.5, 0.6) is 0 Å². The number of hydrogen-bond donors (Lipinski definition) is 1. The second-order valence-electron chi connectivity index (χ2n) is 6.98. The van der Waals surface area contributed by atoms with Crippen molar-refractivity contribution in [3.63, 3.8) is 0 Å². The number of nitrogens with zero attached hydrogens (tertiary/aromatic N) is 2. The minimum atomic E-state index is -0.811. The number of carbonyl (C=O) groups excluding carboxylic acids is 1. The molecule has 140 valence electrons. The molecule has 2 aromatic carbocycles. The van der Waals surface area contributed by atoms with Gasteiger partial charge in [0.25, 0.3) is 0 Å². The molecular weight excluding hydrogens is 348 g/mol. The number of benzene rings is 2. The van der Waals surface area contributed by atoms with Crippen LogP contribution in [0.4, 0.5) is 25.8 Å². The van der Waals surface area contributed by atoms with Gasteiger partial charge in [-0.25, -0.2) is 8.78 Å². The van der Waals surface area contributed by atoms with Crippen LogP contribution in [0.1, 0.15) is 37.2 Å². The van der Waals surface area contributed by atoms with Crippen LogP contribution in [0.25, 0.3) is 0 Å². The predicted molar refractivity (Wildman–Crippen MR) is 103 cm³/mol. The summed E-state index contributed by atoms with van der Waals surface area (Å²) in [5.74, 6) is -1.92. The number of halogens is 2. The Balaban J connectivity index is 1.55. The lowest BCUT2D eigenvalue weighted by atomic mass is 10.0. The lowest BCUT2D eigenvalue weighted by Crippen LogP contribution is -2.24. The lowest BCUT2D eigenvalue weighted by molar-refractivity contribution is -0.115. The van der Waals surface area contributed by atoms with Gasteiger partial charge in [0.1, 0.15) is 17.6 Å². The average molecular weight is 369 g/mol. The van der Waals surface area contributed by atoms with E-state index in [4.69, 9.17) is 0 Å². The van der Waals surface area contributed by atoms with Gasteiger partial charge in [-0.05, 0) is 37.1 Å². The molecule has 0 radical (unpaired) electrons. The molecule has 0 bridgehead atoms. The number of carbonyl (C=O) groups is 1. The summed E-state index contributed by atoms with van der Waals surface area (Å²) in [6, 6.07) is 9.34. The molecule has 1 saturated heterocycles. The SMILES string of the molecule is O=C1Nc2cccc(F)c2C1C=Nc1ccc(N2CCCCCC2)c(F)c1. The fourth-order valence-electron chi connectivity index (χ4n) is 3.75. The van der Waals surface area contributed by atoms with Gasteiger partial charge in [-0.2, -0.15) is 0 Å². The molecule has 1 amide bonds. The third-order valence-electron chi connectivity index (χ3n) is 5.15. The Morgan fingerprint density at radius 3 is 2.56 bits per heavy atom. The highest BCUT2D eigenvalue weighted by atomic mass is 19.1. The molecule has 1 N–H and O–H groups in total. The Kier molecular flexibility index (Phi) is 4.88. The van der Waals surface area contributed by atoms with Crippen LogP contribution in [0.3, 0.4) is 0 Å². The fraction of sp³-hybridized carbons (Fsp3) is 0.333. The molecule has 4 rings (SSSR count). The van der Waals surface area contributed by atoms with E-state index in [2.05, 4.69) is 15.2 Å². The summed E-state index contributed by atoms with van der Waals surface area (Å²) in [4.78, 5) is 18.4. The van der Waals surface area contributed by atoms with E-state index in [1.54, 1.807) is 24.3 Å². The third-order valence-corrected chi connectivity index (χ3v) is 5.15. The Morgan fingerprint density at radius 1 is 1.04 bits per heavy atom. The zero-order valence-corrected chi connectivity index (χ0v) is 14.9. The van der Waals surface area contributed by atoms with Gasteiger partial charge in [0.05, 0.1) is 11.4 Å². The summed E-state index contributed by atoms with van der Waals surface area (Å²) >= 11 is 0. The summed E-state index contributed by atoms with van der Waals surface area (Å²) in [5, 5.41) is 2.64. The minimum absolute atomic E-state index is 0.285. The van der Waals surface area contributed by atoms with E-state index in [-0.39, 0.29) is 17.3 Å². The van der Waals surface area contributed by atoms with Crippen LogP contribution >= 0.6 is 0 Å². The van der Waals surface area contributed by atoms with Gasteiger partial charge in [-0.15, -0.1) is 0 Å². The Hall–Kier alpha value is -2.76. The van der Waals surface area contributed by atoms with E-state index in [0.717, 1.165) is 25.9 Å². The summed E-state index contributed by atoms with van der Waals surface area (Å²) < 4.78 is 28.7. The molecule has 2 aliphatic rings. The molecule has 0 spiro atoms. The molecule has 0 aromatic heterocycles. The molecular formula is C21H21F2N3O. The number of amides is 1. The predicted octanol–water partition coefficient (Wildman–Crippen LogP) is 4.78. The van der Waals surface area contributed by atoms with Crippen molar-refractivity contribution in [2.45, 2.75) is 31.6 Å². The van der Waals surface area contributed by atoms with Crippen molar-refractivity contribution in [1.29, 1.82) is 0 Å².